The van der Waals surface area contributed by atoms with E-state index in [0.29, 0.717) is 23.3 Å². The second-order valence-electron chi connectivity index (χ2n) is 8.85. The van der Waals surface area contributed by atoms with Crippen molar-refractivity contribution in [2.75, 3.05) is 0 Å². The number of benzene rings is 1. The van der Waals surface area contributed by atoms with E-state index in [1.807, 2.05) is 12.1 Å². The first-order chi connectivity index (χ1) is 13.2. The van der Waals surface area contributed by atoms with E-state index in [1.54, 1.807) is 12.1 Å². The lowest BCUT2D eigenvalue weighted by Crippen LogP contribution is -2.43. The van der Waals surface area contributed by atoms with Crippen molar-refractivity contribution in [1.29, 1.82) is 0 Å². The van der Waals surface area contributed by atoms with Gasteiger partial charge in [0.25, 0.3) is 0 Å². The Morgan fingerprint density at radius 3 is 2.57 bits per heavy atom. The average molecular weight is 383 g/mol. The van der Waals surface area contributed by atoms with Crippen molar-refractivity contribution in [3.63, 3.8) is 0 Å². The van der Waals surface area contributed by atoms with Crippen LogP contribution in [0, 0.1) is 23.2 Å². The molecule has 28 heavy (non-hydrogen) atoms. The van der Waals surface area contributed by atoms with E-state index in [1.165, 1.54) is 19.1 Å². The zero-order valence-electron chi connectivity index (χ0n) is 17.2. The van der Waals surface area contributed by atoms with Gasteiger partial charge in [-0.05, 0) is 49.2 Å². The molecule has 1 aromatic carbocycles. The molecule has 1 fully saturated rings. The fraction of sp³-hybridized carbons (Fsp3) is 0.542. The van der Waals surface area contributed by atoms with Crippen molar-refractivity contribution >= 4 is 17.5 Å². The SMILES string of the molecule is CC(=O)/C=C/C1(C(=O)O[C@@H]2C[C@H](C)CC[C@H]2C(C)C)Cc2ccccc2C1=O. The summed E-state index contributed by atoms with van der Waals surface area (Å²) >= 11 is 0. The van der Waals surface area contributed by atoms with E-state index in [4.69, 9.17) is 4.74 Å². The highest BCUT2D eigenvalue weighted by Gasteiger charge is 2.52. The first kappa shape index (κ1) is 20.5. The van der Waals surface area contributed by atoms with Gasteiger partial charge in [0.15, 0.2) is 17.0 Å². The Morgan fingerprint density at radius 1 is 1.21 bits per heavy atom. The highest BCUT2D eigenvalue weighted by Crippen LogP contribution is 2.42. The van der Waals surface area contributed by atoms with Crippen molar-refractivity contribution < 1.29 is 19.1 Å². The number of allylic oxidation sites excluding steroid dienone is 1. The van der Waals surface area contributed by atoms with Gasteiger partial charge in [-0.1, -0.05) is 57.5 Å². The molecular weight excluding hydrogens is 352 g/mol. The van der Waals surface area contributed by atoms with Gasteiger partial charge in [0, 0.05) is 12.0 Å². The molecule has 2 aliphatic carbocycles. The summed E-state index contributed by atoms with van der Waals surface area (Å²) in [6.45, 7) is 7.91. The number of ketones is 2. The monoisotopic (exact) mass is 382 g/mol. The van der Waals surface area contributed by atoms with Gasteiger partial charge in [-0.2, -0.15) is 0 Å². The molecule has 0 spiro atoms. The number of ether oxygens (including phenoxy) is 1. The fourth-order valence-corrected chi connectivity index (χ4v) is 4.64. The molecule has 0 bridgehead atoms. The van der Waals surface area contributed by atoms with Gasteiger partial charge in [-0.3, -0.25) is 14.4 Å². The van der Waals surface area contributed by atoms with Crippen molar-refractivity contribution in [3.8, 4) is 0 Å². The number of hydrogen-bond acceptors (Lipinski definition) is 4. The van der Waals surface area contributed by atoms with Crippen LogP contribution in [0.4, 0.5) is 0 Å². The Balaban J connectivity index is 1.92. The van der Waals surface area contributed by atoms with Crippen LogP contribution in [0.15, 0.2) is 36.4 Å². The first-order valence-electron chi connectivity index (χ1n) is 10.3. The van der Waals surface area contributed by atoms with E-state index in [2.05, 4.69) is 20.8 Å². The number of esters is 1. The molecule has 150 valence electrons. The molecule has 0 aromatic heterocycles. The minimum absolute atomic E-state index is 0.185. The molecule has 4 nitrogen and oxygen atoms in total. The molecule has 0 amide bonds. The molecule has 4 heteroatoms. The summed E-state index contributed by atoms with van der Waals surface area (Å²) in [5.74, 6) is 0.222. The molecule has 0 aliphatic heterocycles. The molecule has 1 aromatic rings. The van der Waals surface area contributed by atoms with E-state index in [9.17, 15) is 14.4 Å². The van der Waals surface area contributed by atoms with Crippen molar-refractivity contribution in [3.05, 3.63) is 47.5 Å². The van der Waals surface area contributed by atoms with E-state index in [-0.39, 0.29) is 24.1 Å². The van der Waals surface area contributed by atoms with Crippen LogP contribution in [0.5, 0.6) is 0 Å². The van der Waals surface area contributed by atoms with Gasteiger partial charge < -0.3 is 4.74 Å². The number of carbonyl (C=O) groups excluding carboxylic acids is 3. The molecule has 0 radical (unpaired) electrons. The van der Waals surface area contributed by atoms with Gasteiger partial charge in [0.1, 0.15) is 6.10 Å². The molecule has 4 atom stereocenters. The number of Topliss-reactive ketones (excluding diaryl/α,β-unsaturated/α-hetero) is 1. The molecule has 0 N–H and O–H groups in total. The van der Waals surface area contributed by atoms with Gasteiger partial charge in [-0.15, -0.1) is 0 Å². The van der Waals surface area contributed by atoms with Crippen molar-refractivity contribution in [1.82, 2.24) is 0 Å². The lowest BCUT2D eigenvalue weighted by Gasteiger charge is -2.38. The largest absolute Gasteiger partial charge is 0.461 e. The van der Waals surface area contributed by atoms with Crippen LogP contribution in [-0.4, -0.2) is 23.6 Å². The van der Waals surface area contributed by atoms with Gasteiger partial charge >= 0.3 is 5.97 Å². The Bertz CT molecular complexity index is 807. The highest BCUT2D eigenvalue weighted by molar-refractivity contribution is 6.18. The molecule has 2 aliphatic rings. The van der Waals surface area contributed by atoms with Gasteiger partial charge in [-0.25, -0.2) is 0 Å². The summed E-state index contributed by atoms with van der Waals surface area (Å²) in [7, 11) is 0. The number of hydrogen-bond donors (Lipinski definition) is 0. The van der Waals surface area contributed by atoms with Crippen molar-refractivity contribution in [2.45, 2.75) is 59.5 Å². The normalized spacial score (nSPS) is 29.9. The van der Waals surface area contributed by atoms with Crippen LogP contribution < -0.4 is 0 Å². The van der Waals surface area contributed by atoms with Gasteiger partial charge in [0.05, 0.1) is 0 Å². The van der Waals surface area contributed by atoms with Crippen LogP contribution in [0.1, 0.15) is 62.9 Å². The molecular formula is C24H30O4. The summed E-state index contributed by atoms with van der Waals surface area (Å²) in [4.78, 5) is 38.2. The third-order valence-corrected chi connectivity index (χ3v) is 6.32. The summed E-state index contributed by atoms with van der Waals surface area (Å²) < 4.78 is 6.03. The second-order valence-corrected chi connectivity index (χ2v) is 8.85. The Hall–Kier alpha value is -2.23. The van der Waals surface area contributed by atoms with Crippen LogP contribution in [0.3, 0.4) is 0 Å². The minimum atomic E-state index is -1.43. The number of carbonyl (C=O) groups is 3. The zero-order valence-corrected chi connectivity index (χ0v) is 17.2. The zero-order chi connectivity index (χ0) is 20.5. The number of rotatable bonds is 5. The van der Waals surface area contributed by atoms with Crippen molar-refractivity contribution in [2.24, 2.45) is 23.2 Å². The molecule has 1 saturated carbocycles. The van der Waals surface area contributed by atoms with E-state index < -0.39 is 11.4 Å². The van der Waals surface area contributed by atoms with Crippen LogP contribution >= 0.6 is 0 Å². The summed E-state index contributed by atoms with van der Waals surface area (Å²) in [5, 5.41) is 0. The first-order valence-corrected chi connectivity index (χ1v) is 10.3. The second kappa shape index (κ2) is 8.02. The topological polar surface area (TPSA) is 60.4 Å². The Kier molecular flexibility index (Phi) is 5.87. The maximum atomic E-state index is 13.4. The Morgan fingerprint density at radius 2 is 1.93 bits per heavy atom. The molecule has 3 rings (SSSR count). The lowest BCUT2D eigenvalue weighted by atomic mass is 9.75. The van der Waals surface area contributed by atoms with Crippen LogP contribution in [0.25, 0.3) is 0 Å². The molecule has 0 saturated heterocycles. The predicted molar refractivity (Wildman–Crippen MR) is 108 cm³/mol. The van der Waals surface area contributed by atoms with E-state index in [0.717, 1.165) is 24.8 Å². The highest BCUT2D eigenvalue weighted by atomic mass is 16.5. The third-order valence-electron chi connectivity index (χ3n) is 6.32. The quantitative estimate of drug-likeness (QED) is 0.425. The maximum absolute atomic E-state index is 13.4. The molecule has 1 unspecified atom stereocenters. The maximum Gasteiger partial charge on any atom is 0.324 e. The third kappa shape index (κ3) is 3.82. The van der Waals surface area contributed by atoms with Gasteiger partial charge in [0.2, 0.25) is 0 Å². The number of fused-ring (bicyclic) bond motifs is 1. The summed E-state index contributed by atoms with van der Waals surface area (Å²) in [6.07, 6.45) is 5.85. The summed E-state index contributed by atoms with van der Waals surface area (Å²) in [6, 6.07) is 7.27. The standard InChI is InChI=1S/C24H30O4/c1-15(2)19-10-9-16(3)13-21(19)28-23(27)24(12-11-17(4)25)14-18-7-5-6-8-20(18)22(24)26/h5-8,11-12,15-16,19,21H,9-10,13-14H2,1-4H3/b12-11+/t16-,19+,21-,24?/m1/s1. The van der Waals surface area contributed by atoms with Crippen LogP contribution in [0.2, 0.25) is 0 Å². The average Bonchev–Trinajstić information content (AvgIpc) is 2.93. The van der Waals surface area contributed by atoms with Crippen LogP contribution in [-0.2, 0) is 20.7 Å². The predicted octanol–water partition coefficient (Wildman–Crippen LogP) is 4.56. The minimum Gasteiger partial charge on any atom is -0.461 e. The fourth-order valence-electron chi connectivity index (χ4n) is 4.64. The van der Waals surface area contributed by atoms with E-state index >= 15 is 0 Å². The molecule has 0 heterocycles. The Labute approximate surface area is 167 Å². The summed E-state index contributed by atoms with van der Waals surface area (Å²) in [5.41, 5.74) is -0.0578. The lowest BCUT2D eigenvalue weighted by molar-refractivity contribution is -0.162. The smallest absolute Gasteiger partial charge is 0.324 e.